The van der Waals surface area contributed by atoms with Crippen molar-refractivity contribution in [2.24, 2.45) is 0 Å². The normalized spacial score (nSPS) is 13.5. The highest BCUT2D eigenvalue weighted by Crippen LogP contribution is 2.10. The van der Waals surface area contributed by atoms with Crippen LogP contribution in [0.1, 0.15) is 66.2 Å². The first-order chi connectivity index (χ1) is 6.76. The molecule has 0 spiro atoms. The summed E-state index contributed by atoms with van der Waals surface area (Å²) in [5, 5.41) is 0. The van der Waals surface area contributed by atoms with Crippen molar-refractivity contribution in [2.75, 3.05) is 13.1 Å². The highest BCUT2D eigenvalue weighted by atomic mass is 15.1. The summed E-state index contributed by atoms with van der Waals surface area (Å²) < 4.78 is 0. The van der Waals surface area contributed by atoms with Gasteiger partial charge in [-0.25, -0.2) is 0 Å². The van der Waals surface area contributed by atoms with E-state index < -0.39 is 0 Å². The lowest BCUT2D eigenvalue weighted by Gasteiger charge is -2.26. The van der Waals surface area contributed by atoms with Crippen molar-refractivity contribution in [1.82, 2.24) is 4.90 Å². The van der Waals surface area contributed by atoms with Crippen LogP contribution in [0, 0.1) is 0 Å². The van der Waals surface area contributed by atoms with E-state index in [4.69, 9.17) is 0 Å². The Balaban J connectivity index is 3.37. The lowest BCUT2D eigenvalue weighted by Crippen LogP contribution is -2.32. The van der Waals surface area contributed by atoms with E-state index in [0.29, 0.717) is 0 Å². The molecule has 0 aliphatic rings. The number of unbranched alkanes of at least 4 members (excludes halogenated alkanes) is 4. The second-order valence-corrected chi connectivity index (χ2v) is 4.27. The molecule has 0 aromatic rings. The van der Waals surface area contributed by atoms with Crippen LogP contribution in [-0.2, 0) is 0 Å². The summed E-state index contributed by atoms with van der Waals surface area (Å²) in [5.74, 6) is 0. The van der Waals surface area contributed by atoms with Gasteiger partial charge in [0.15, 0.2) is 0 Å². The van der Waals surface area contributed by atoms with E-state index in [2.05, 4.69) is 32.6 Å². The molecule has 0 aliphatic carbocycles. The topological polar surface area (TPSA) is 3.24 Å². The first kappa shape index (κ1) is 14.0. The monoisotopic (exact) mass is 199 g/mol. The van der Waals surface area contributed by atoms with Gasteiger partial charge in [-0.15, -0.1) is 0 Å². The summed E-state index contributed by atoms with van der Waals surface area (Å²) in [5.41, 5.74) is 0. The zero-order chi connectivity index (χ0) is 10.8. The zero-order valence-corrected chi connectivity index (χ0v) is 10.7. The van der Waals surface area contributed by atoms with Crippen molar-refractivity contribution >= 4 is 0 Å². The third-order valence-corrected chi connectivity index (χ3v) is 3.16. The van der Waals surface area contributed by atoms with Gasteiger partial charge in [0.1, 0.15) is 0 Å². The van der Waals surface area contributed by atoms with E-state index in [9.17, 15) is 0 Å². The van der Waals surface area contributed by atoms with Crippen molar-refractivity contribution in [2.45, 2.75) is 72.3 Å². The maximum absolute atomic E-state index is 2.56. The van der Waals surface area contributed by atoms with Gasteiger partial charge < -0.3 is 4.90 Å². The molecule has 0 rings (SSSR count). The molecular formula is C13H29N. The van der Waals surface area contributed by atoms with Gasteiger partial charge in [0.2, 0.25) is 0 Å². The smallest absolute Gasteiger partial charge is 0.00666 e. The summed E-state index contributed by atoms with van der Waals surface area (Å²) in [4.78, 5) is 2.56. The lowest BCUT2D eigenvalue weighted by atomic mass is 10.1. The lowest BCUT2D eigenvalue weighted by molar-refractivity contribution is 0.217. The third-order valence-electron chi connectivity index (χ3n) is 3.16. The van der Waals surface area contributed by atoms with Crippen LogP contribution in [0.5, 0.6) is 0 Å². The first-order valence-electron chi connectivity index (χ1n) is 6.50. The fraction of sp³-hybridized carbons (Fsp3) is 1.00. The molecule has 1 heteroatoms. The molecule has 0 bridgehead atoms. The Kier molecular flexibility index (Phi) is 9.49. The van der Waals surface area contributed by atoms with E-state index in [1.807, 2.05) is 0 Å². The van der Waals surface area contributed by atoms with Gasteiger partial charge in [-0.05, 0) is 26.4 Å². The molecule has 0 saturated heterocycles. The Hall–Kier alpha value is -0.0400. The molecular weight excluding hydrogens is 170 g/mol. The highest BCUT2D eigenvalue weighted by Gasteiger charge is 2.08. The third kappa shape index (κ3) is 6.42. The molecule has 1 atom stereocenters. The Labute approximate surface area is 90.9 Å². The van der Waals surface area contributed by atoms with Gasteiger partial charge in [0, 0.05) is 6.04 Å². The quantitative estimate of drug-likeness (QED) is 0.506. The van der Waals surface area contributed by atoms with E-state index in [1.54, 1.807) is 0 Å². The summed E-state index contributed by atoms with van der Waals surface area (Å²) in [7, 11) is 0. The Morgan fingerprint density at radius 3 is 1.93 bits per heavy atom. The maximum Gasteiger partial charge on any atom is 0.00666 e. The standard InChI is InChI=1S/C13H29N/c1-5-8-9-10-11-12-13(4)14(6-2)7-3/h13H,5-12H2,1-4H3. The predicted octanol–water partition coefficient (Wildman–Crippen LogP) is 4.08. The van der Waals surface area contributed by atoms with Crippen LogP contribution in [0.4, 0.5) is 0 Å². The van der Waals surface area contributed by atoms with Crippen LogP contribution in [0.3, 0.4) is 0 Å². The number of nitrogens with zero attached hydrogens (tertiary/aromatic N) is 1. The first-order valence-corrected chi connectivity index (χ1v) is 6.50. The largest absolute Gasteiger partial charge is 0.301 e. The number of hydrogen-bond acceptors (Lipinski definition) is 1. The molecule has 0 amide bonds. The molecule has 0 aromatic carbocycles. The summed E-state index contributed by atoms with van der Waals surface area (Å²) >= 11 is 0. The van der Waals surface area contributed by atoms with Crippen molar-refractivity contribution in [3.05, 3.63) is 0 Å². The highest BCUT2D eigenvalue weighted by molar-refractivity contribution is 4.64. The second-order valence-electron chi connectivity index (χ2n) is 4.27. The minimum atomic E-state index is 0.784. The molecule has 14 heavy (non-hydrogen) atoms. The molecule has 0 aliphatic heterocycles. The van der Waals surface area contributed by atoms with Crippen LogP contribution >= 0.6 is 0 Å². The zero-order valence-electron chi connectivity index (χ0n) is 10.7. The van der Waals surface area contributed by atoms with E-state index >= 15 is 0 Å². The Morgan fingerprint density at radius 2 is 1.43 bits per heavy atom. The van der Waals surface area contributed by atoms with Gasteiger partial charge in [-0.1, -0.05) is 52.9 Å². The summed E-state index contributed by atoms with van der Waals surface area (Å²) in [6.07, 6.45) is 8.43. The molecule has 0 saturated carbocycles. The van der Waals surface area contributed by atoms with Crippen LogP contribution < -0.4 is 0 Å². The van der Waals surface area contributed by atoms with Crippen molar-refractivity contribution in [3.63, 3.8) is 0 Å². The molecule has 1 unspecified atom stereocenters. The molecule has 0 fully saturated rings. The molecule has 86 valence electrons. The molecule has 0 radical (unpaired) electrons. The van der Waals surface area contributed by atoms with Crippen LogP contribution in [0.2, 0.25) is 0 Å². The van der Waals surface area contributed by atoms with Crippen LogP contribution in [-0.4, -0.2) is 24.0 Å². The molecule has 0 heterocycles. The molecule has 0 N–H and O–H groups in total. The fourth-order valence-corrected chi connectivity index (χ4v) is 2.07. The minimum Gasteiger partial charge on any atom is -0.301 e. The van der Waals surface area contributed by atoms with Crippen LogP contribution in [0.15, 0.2) is 0 Å². The average molecular weight is 199 g/mol. The Morgan fingerprint density at radius 1 is 0.857 bits per heavy atom. The predicted molar refractivity (Wildman–Crippen MR) is 65.8 cm³/mol. The SMILES string of the molecule is CCCCCCCC(C)N(CC)CC. The summed E-state index contributed by atoms with van der Waals surface area (Å²) in [6, 6.07) is 0.784. The Bertz CT molecular complexity index is 108. The van der Waals surface area contributed by atoms with Gasteiger partial charge in [-0.2, -0.15) is 0 Å². The van der Waals surface area contributed by atoms with E-state index in [0.717, 1.165) is 6.04 Å². The van der Waals surface area contributed by atoms with Gasteiger partial charge in [-0.3, -0.25) is 0 Å². The fourth-order valence-electron chi connectivity index (χ4n) is 2.07. The minimum absolute atomic E-state index is 0.784. The van der Waals surface area contributed by atoms with Crippen molar-refractivity contribution < 1.29 is 0 Å². The van der Waals surface area contributed by atoms with E-state index in [-0.39, 0.29) is 0 Å². The van der Waals surface area contributed by atoms with Crippen LogP contribution in [0.25, 0.3) is 0 Å². The van der Waals surface area contributed by atoms with Gasteiger partial charge in [0.25, 0.3) is 0 Å². The number of rotatable bonds is 9. The maximum atomic E-state index is 2.56. The molecule has 0 aromatic heterocycles. The average Bonchev–Trinajstić information content (AvgIpc) is 2.19. The van der Waals surface area contributed by atoms with E-state index in [1.165, 1.54) is 51.6 Å². The number of hydrogen-bond donors (Lipinski definition) is 0. The van der Waals surface area contributed by atoms with Gasteiger partial charge >= 0.3 is 0 Å². The second kappa shape index (κ2) is 9.51. The summed E-state index contributed by atoms with van der Waals surface area (Å²) in [6.45, 7) is 11.6. The van der Waals surface area contributed by atoms with Gasteiger partial charge in [0.05, 0.1) is 0 Å². The van der Waals surface area contributed by atoms with Crippen molar-refractivity contribution in [3.8, 4) is 0 Å². The molecule has 1 nitrogen and oxygen atoms in total. The van der Waals surface area contributed by atoms with Crippen molar-refractivity contribution in [1.29, 1.82) is 0 Å².